The molecule has 106 valence electrons. The van der Waals surface area contributed by atoms with Crippen molar-refractivity contribution in [3.63, 3.8) is 0 Å². The third-order valence-corrected chi connectivity index (χ3v) is 2.98. The molecule has 0 saturated carbocycles. The first kappa shape index (κ1) is 13.0. The minimum absolute atomic E-state index is 0.0641. The van der Waals surface area contributed by atoms with Gasteiger partial charge in [0, 0.05) is 18.0 Å². The highest BCUT2D eigenvalue weighted by Gasteiger charge is 2.13. The third kappa shape index (κ3) is 2.40. The molecule has 0 radical (unpaired) electrons. The molecule has 0 bridgehead atoms. The summed E-state index contributed by atoms with van der Waals surface area (Å²) in [6, 6.07) is 5.68. The molecule has 21 heavy (non-hydrogen) atoms. The Balaban J connectivity index is 1.91. The fourth-order valence-electron chi connectivity index (χ4n) is 1.97. The van der Waals surface area contributed by atoms with Gasteiger partial charge in [-0.2, -0.15) is 0 Å². The summed E-state index contributed by atoms with van der Waals surface area (Å²) in [5, 5.41) is 2.68. The van der Waals surface area contributed by atoms with Gasteiger partial charge in [-0.1, -0.05) is 0 Å². The number of halogens is 1. The molecule has 1 amide bonds. The molecule has 2 N–H and O–H groups in total. The molecule has 0 saturated heterocycles. The third-order valence-electron chi connectivity index (χ3n) is 2.98. The Labute approximate surface area is 119 Å². The van der Waals surface area contributed by atoms with E-state index in [0.29, 0.717) is 22.4 Å². The number of H-pyrrole nitrogens is 1. The van der Waals surface area contributed by atoms with Crippen molar-refractivity contribution in [3.8, 4) is 5.75 Å². The second kappa shape index (κ2) is 5.20. The van der Waals surface area contributed by atoms with Crippen LogP contribution in [0.15, 0.2) is 36.8 Å². The summed E-state index contributed by atoms with van der Waals surface area (Å²) in [6.07, 6.45) is 2.97. The largest absolute Gasteiger partial charge is 0.494 e. The smallest absolute Gasteiger partial charge is 0.257 e. The predicted octanol–water partition coefficient (Wildman–Crippen LogP) is 2.36. The van der Waals surface area contributed by atoms with Crippen LogP contribution in [0.1, 0.15) is 10.4 Å². The van der Waals surface area contributed by atoms with Crippen molar-refractivity contribution in [1.82, 2.24) is 15.0 Å². The fraction of sp³-hybridized carbons (Fsp3) is 0.0714. The van der Waals surface area contributed by atoms with Gasteiger partial charge in [0.1, 0.15) is 0 Å². The lowest BCUT2D eigenvalue weighted by Crippen LogP contribution is -2.12. The molecule has 0 aliphatic heterocycles. The zero-order chi connectivity index (χ0) is 14.8. The highest BCUT2D eigenvalue weighted by atomic mass is 19.1. The lowest BCUT2D eigenvalue weighted by atomic mass is 10.2. The molecule has 7 heteroatoms. The van der Waals surface area contributed by atoms with E-state index in [2.05, 4.69) is 20.3 Å². The van der Waals surface area contributed by atoms with E-state index in [1.807, 2.05) is 0 Å². The number of nitrogens with zero attached hydrogens (tertiary/aromatic N) is 2. The van der Waals surface area contributed by atoms with E-state index in [9.17, 15) is 9.18 Å². The van der Waals surface area contributed by atoms with Gasteiger partial charge in [0.2, 0.25) is 0 Å². The molecule has 0 aliphatic rings. The SMILES string of the molecule is COc1cc(NC(=O)c2ccnc3nc[nH]c23)ccc1F. The van der Waals surface area contributed by atoms with Gasteiger partial charge in [-0.05, 0) is 18.2 Å². The van der Waals surface area contributed by atoms with Crippen molar-refractivity contribution < 1.29 is 13.9 Å². The van der Waals surface area contributed by atoms with Crippen molar-refractivity contribution in [2.24, 2.45) is 0 Å². The molecular weight excluding hydrogens is 275 g/mol. The van der Waals surface area contributed by atoms with Gasteiger partial charge in [0.05, 0.1) is 24.5 Å². The number of ether oxygens (including phenoxy) is 1. The van der Waals surface area contributed by atoms with E-state index in [0.717, 1.165) is 0 Å². The van der Waals surface area contributed by atoms with Crippen molar-refractivity contribution in [1.29, 1.82) is 0 Å². The number of rotatable bonds is 3. The highest BCUT2D eigenvalue weighted by Crippen LogP contribution is 2.22. The summed E-state index contributed by atoms with van der Waals surface area (Å²) >= 11 is 0. The van der Waals surface area contributed by atoms with Crippen LogP contribution in [-0.2, 0) is 0 Å². The number of nitrogens with one attached hydrogen (secondary N) is 2. The molecule has 1 aromatic carbocycles. The number of carbonyl (C=O) groups excluding carboxylic acids is 1. The number of carbonyl (C=O) groups is 1. The Morgan fingerprint density at radius 1 is 1.33 bits per heavy atom. The number of amides is 1. The lowest BCUT2D eigenvalue weighted by Gasteiger charge is -2.08. The number of imidazole rings is 1. The molecule has 2 aromatic heterocycles. The molecule has 0 aliphatic carbocycles. The van der Waals surface area contributed by atoms with E-state index >= 15 is 0 Å². The van der Waals surface area contributed by atoms with Crippen LogP contribution < -0.4 is 10.1 Å². The van der Waals surface area contributed by atoms with Crippen molar-refractivity contribution in [2.45, 2.75) is 0 Å². The fourth-order valence-corrected chi connectivity index (χ4v) is 1.97. The number of anilines is 1. The maximum atomic E-state index is 13.3. The highest BCUT2D eigenvalue weighted by molar-refractivity contribution is 6.10. The number of pyridine rings is 1. The van der Waals surface area contributed by atoms with Gasteiger partial charge in [0.25, 0.3) is 5.91 Å². The second-order valence-electron chi connectivity index (χ2n) is 4.26. The first-order chi connectivity index (χ1) is 10.2. The Hall–Kier alpha value is -2.96. The number of aromatic amines is 1. The Bertz CT molecular complexity index is 816. The van der Waals surface area contributed by atoms with Crippen LogP contribution in [-0.4, -0.2) is 28.0 Å². The van der Waals surface area contributed by atoms with Gasteiger partial charge in [-0.3, -0.25) is 4.79 Å². The van der Waals surface area contributed by atoms with Crippen LogP contribution in [0.25, 0.3) is 11.2 Å². The number of fused-ring (bicyclic) bond motifs is 1. The van der Waals surface area contributed by atoms with E-state index < -0.39 is 5.82 Å². The zero-order valence-electron chi connectivity index (χ0n) is 11.1. The molecule has 0 spiro atoms. The number of methoxy groups -OCH3 is 1. The standard InChI is InChI=1S/C14H11FN4O2/c1-21-11-6-8(2-3-10(11)15)19-14(20)9-4-5-16-13-12(9)17-7-18-13/h2-7H,1H3,(H,19,20)(H,16,17,18). The molecule has 2 heterocycles. The van der Waals surface area contributed by atoms with Gasteiger partial charge in [0.15, 0.2) is 17.2 Å². The summed E-state index contributed by atoms with van der Waals surface area (Å²) in [6.45, 7) is 0. The predicted molar refractivity (Wildman–Crippen MR) is 74.8 cm³/mol. The molecule has 0 atom stereocenters. The van der Waals surface area contributed by atoms with Crippen LogP contribution in [0.4, 0.5) is 10.1 Å². The topological polar surface area (TPSA) is 79.9 Å². The second-order valence-corrected chi connectivity index (χ2v) is 4.26. The summed E-state index contributed by atoms with van der Waals surface area (Å²) < 4.78 is 18.2. The number of hydrogen-bond acceptors (Lipinski definition) is 4. The zero-order valence-corrected chi connectivity index (χ0v) is 11.1. The summed E-state index contributed by atoms with van der Waals surface area (Å²) in [4.78, 5) is 23.2. The monoisotopic (exact) mass is 286 g/mol. The maximum absolute atomic E-state index is 13.3. The average Bonchev–Trinajstić information content (AvgIpc) is 2.97. The quantitative estimate of drug-likeness (QED) is 0.774. The Kier molecular flexibility index (Phi) is 3.23. The summed E-state index contributed by atoms with van der Waals surface area (Å²) in [5.74, 6) is -0.773. The van der Waals surface area contributed by atoms with Crippen LogP contribution in [0.3, 0.4) is 0 Å². The minimum Gasteiger partial charge on any atom is -0.494 e. The summed E-state index contributed by atoms with van der Waals surface area (Å²) in [7, 11) is 1.36. The van der Waals surface area contributed by atoms with E-state index in [4.69, 9.17) is 4.74 Å². The molecule has 3 rings (SSSR count). The van der Waals surface area contributed by atoms with Crippen LogP contribution in [0.5, 0.6) is 5.75 Å². The average molecular weight is 286 g/mol. The van der Waals surface area contributed by atoms with Gasteiger partial charge in [-0.25, -0.2) is 14.4 Å². The van der Waals surface area contributed by atoms with Crippen molar-refractivity contribution >= 4 is 22.8 Å². The molecule has 6 nitrogen and oxygen atoms in total. The van der Waals surface area contributed by atoms with Crippen LogP contribution in [0, 0.1) is 5.82 Å². The first-order valence-electron chi connectivity index (χ1n) is 6.12. The van der Waals surface area contributed by atoms with Gasteiger partial charge >= 0.3 is 0 Å². The van der Waals surface area contributed by atoms with Crippen molar-refractivity contribution in [3.05, 3.63) is 48.2 Å². The first-order valence-corrected chi connectivity index (χ1v) is 6.12. The molecule has 0 fully saturated rings. The normalized spacial score (nSPS) is 10.6. The van der Waals surface area contributed by atoms with E-state index in [1.54, 1.807) is 6.07 Å². The lowest BCUT2D eigenvalue weighted by molar-refractivity contribution is 0.102. The van der Waals surface area contributed by atoms with Gasteiger partial charge in [-0.15, -0.1) is 0 Å². The molecule has 0 unspecified atom stereocenters. The molecular formula is C14H11FN4O2. The van der Waals surface area contributed by atoms with Crippen molar-refractivity contribution in [2.75, 3.05) is 12.4 Å². The van der Waals surface area contributed by atoms with Crippen LogP contribution in [0.2, 0.25) is 0 Å². The minimum atomic E-state index is -0.490. The van der Waals surface area contributed by atoms with E-state index in [1.165, 1.54) is 37.8 Å². The number of aromatic nitrogens is 3. The number of benzene rings is 1. The number of hydrogen-bond donors (Lipinski definition) is 2. The molecule has 3 aromatic rings. The summed E-state index contributed by atoms with van der Waals surface area (Å²) in [5.41, 5.74) is 1.84. The van der Waals surface area contributed by atoms with Gasteiger partial charge < -0.3 is 15.0 Å². The van der Waals surface area contributed by atoms with E-state index in [-0.39, 0.29) is 11.7 Å². The maximum Gasteiger partial charge on any atom is 0.257 e. The Morgan fingerprint density at radius 3 is 3.00 bits per heavy atom. The Morgan fingerprint density at radius 2 is 2.19 bits per heavy atom. The van der Waals surface area contributed by atoms with Crippen LogP contribution >= 0.6 is 0 Å².